The molecule has 0 heterocycles. The summed E-state index contributed by atoms with van der Waals surface area (Å²) in [4.78, 5) is 11.5. The van der Waals surface area contributed by atoms with Crippen LogP contribution in [0, 0.1) is 5.82 Å². The molecule has 2 nitrogen and oxygen atoms in total. The second kappa shape index (κ2) is 6.84. The van der Waals surface area contributed by atoms with Gasteiger partial charge < -0.3 is 4.74 Å². The number of hydrogen-bond donors (Lipinski definition) is 0. The molecule has 92 valence electrons. The van der Waals surface area contributed by atoms with Crippen LogP contribution in [0.25, 0.3) is 6.08 Å². The Hall–Kier alpha value is -1.64. The maximum Gasteiger partial charge on any atom is 0.333 e. The normalized spacial score (nSPS) is 11.4. The Bertz CT molecular complexity index is 393. The lowest BCUT2D eigenvalue weighted by atomic mass is 10.1. The predicted molar refractivity (Wildman–Crippen MR) is 65.9 cm³/mol. The molecule has 3 heteroatoms. The molecule has 0 aliphatic rings. The molecule has 1 aromatic carbocycles. The van der Waals surface area contributed by atoms with Gasteiger partial charge in [0.25, 0.3) is 0 Å². The third-order valence-electron chi connectivity index (χ3n) is 2.31. The van der Waals surface area contributed by atoms with Crippen LogP contribution >= 0.6 is 0 Å². The Balaban J connectivity index is 2.59. The van der Waals surface area contributed by atoms with Gasteiger partial charge in [-0.25, -0.2) is 9.18 Å². The van der Waals surface area contributed by atoms with Crippen molar-refractivity contribution in [2.24, 2.45) is 0 Å². The SMILES string of the molecule is CCCCOC(=O)/C(C)=C/c1ccc(F)cc1. The van der Waals surface area contributed by atoms with Crippen molar-refractivity contribution in [3.63, 3.8) is 0 Å². The van der Waals surface area contributed by atoms with Crippen LogP contribution in [-0.2, 0) is 9.53 Å². The summed E-state index contributed by atoms with van der Waals surface area (Å²) in [7, 11) is 0. The second-order valence-corrected chi connectivity index (χ2v) is 3.87. The van der Waals surface area contributed by atoms with E-state index in [1.54, 1.807) is 25.1 Å². The first-order chi connectivity index (χ1) is 8.13. The number of carbonyl (C=O) groups excluding carboxylic acids is 1. The van der Waals surface area contributed by atoms with Crippen LogP contribution in [0.4, 0.5) is 4.39 Å². The fourth-order valence-electron chi connectivity index (χ4n) is 1.29. The van der Waals surface area contributed by atoms with E-state index in [9.17, 15) is 9.18 Å². The lowest BCUT2D eigenvalue weighted by Gasteiger charge is -2.03. The summed E-state index contributed by atoms with van der Waals surface area (Å²) in [5.41, 5.74) is 1.31. The highest BCUT2D eigenvalue weighted by Gasteiger charge is 2.05. The monoisotopic (exact) mass is 236 g/mol. The summed E-state index contributed by atoms with van der Waals surface area (Å²) in [6, 6.07) is 5.97. The molecule has 1 aromatic rings. The van der Waals surface area contributed by atoms with Crippen LogP contribution in [0.1, 0.15) is 32.3 Å². The van der Waals surface area contributed by atoms with E-state index in [2.05, 4.69) is 0 Å². The van der Waals surface area contributed by atoms with Crippen molar-refractivity contribution in [3.8, 4) is 0 Å². The van der Waals surface area contributed by atoms with Gasteiger partial charge in [-0.15, -0.1) is 0 Å². The van der Waals surface area contributed by atoms with Crippen molar-refractivity contribution in [2.75, 3.05) is 6.61 Å². The zero-order valence-electron chi connectivity index (χ0n) is 10.2. The Kier molecular flexibility index (Phi) is 5.40. The minimum atomic E-state index is -0.317. The van der Waals surface area contributed by atoms with E-state index in [4.69, 9.17) is 4.74 Å². The number of hydrogen-bond acceptors (Lipinski definition) is 2. The van der Waals surface area contributed by atoms with Gasteiger partial charge >= 0.3 is 5.97 Å². The van der Waals surface area contributed by atoms with Gasteiger partial charge in [-0.1, -0.05) is 25.5 Å². The molecule has 0 spiro atoms. The summed E-state index contributed by atoms with van der Waals surface area (Å²) in [5, 5.41) is 0. The lowest BCUT2D eigenvalue weighted by Crippen LogP contribution is -2.06. The Morgan fingerprint density at radius 3 is 2.59 bits per heavy atom. The second-order valence-electron chi connectivity index (χ2n) is 3.87. The van der Waals surface area contributed by atoms with Gasteiger partial charge in [-0.05, 0) is 37.1 Å². The van der Waals surface area contributed by atoms with Crippen molar-refractivity contribution >= 4 is 12.0 Å². The number of unbranched alkanes of at least 4 members (excludes halogenated alkanes) is 1. The van der Waals surface area contributed by atoms with Crippen LogP contribution in [0.2, 0.25) is 0 Å². The predicted octanol–water partition coefficient (Wildman–Crippen LogP) is 3.57. The van der Waals surface area contributed by atoms with Gasteiger partial charge in [-0.3, -0.25) is 0 Å². The standard InChI is InChI=1S/C14H17FO2/c1-3-4-9-17-14(16)11(2)10-12-5-7-13(15)8-6-12/h5-8,10H,3-4,9H2,1-2H3/b11-10+. The Morgan fingerprint density at radius 1 is 1.35 bits per heavy atom. The first-order valence-corrected chi connectivity index (χ1v) is 5.74. The third-order valence-corrected chi connectivity index (χ3v) is 2.31. The summed E-state index contributed by atoms with van der Waals surface area (Å²) < 4.78 is 17.7. The summed E-state index contributed by atoms with van der Waals surface area (Å²) >= 11 is 0. The number of carbonyl (C=O) groups is 1. The quantitative estimate of drug-likeness (QED) is 0.444. The molecule has 0 N–H and O–H groups in total. The highest BCUT2D eigenvalue weighted by atomic mass is 19.1. The molecule has 0 aliphatic heterocycles. The molecular formula is C14H17FO2. The summed E-state index contributed by atoms with van der Waals surface area (Å²) in [6.45, 7) is 4.18. The largest absolute Gasteiger partial charge is 0.462 e. The van der Waals surface area contributed by atoms with Gasteiger partial charge in [0.1, 0.15) is 5.82 Å². The molecule has 0 fully saturated rings. The van der Waals surface area contributed by atoms with E-state index in [0.717, 1.165) is 18.4 Å². The summed E-state index contributed by atoms with van der Waals surface area (Å²) in [6.07, 6.45) is 3.55. The minimum Gasteiger partial charge on any atom is -0.462 e. The average molecular weight is 236 g/mol. The molecule has 0 saturated carbocycles. The smallest absolute Gasteiger partial charge is 0.333 e. The van der Waals surface area contributed by atoms with Crippen LogP contribution in [0.15, 0.2) is 29.8 Å². The zero-order valence-corrected chi connectivity index (χ0v) is 10.2. The number of rotatable bonds is 5. The van der Waals surface area contributed by atoms with Crippen LogP contribution in [-0.4, -0.2) is 12.6 Å². The molecule has 0 aromatic heterocycles. The van der Waals surface area contributed by atoms with Crippen LogP contribution < -0.4 is 0 Å². The van der Waals surface area contributed by atoms with E-state index < -0.39 is 0 Å². The number of esters is 1. The molecule has 1 rings (SSSR count). The van der Waals surface area contributed by atoms with E-state index in [-0.39, 0.29) is 11.8 Å². The average Bonchev–Trinajstić information content (AvgIpc) is 2.32. The summed E-state index contributed by atoms with van der Waals surface area (Å²) in [5.74, 6) is -0.604. The molecule has 0 saturated heterocycles. The van der Waals surface area contributed by atoms with Gasteiger partial charge in [0, 0.05) is 5.57 Å². The lowest BCUT2D eigenvalue weighted by molar-refractivity contribution is -0.138. The highest BCUT2D eigenvalue weighted by Crippen LogP contribution is 2.09. The Labute approximate surface area is 101 Å². The van der Waals surface area contributed by atoms with Crippen molar-refractivity contribution in [3.05, 3.63) is 41.2 Å². The molecule has 0 bridgehead atoms. The number of halogens is 1. The fraction of sp³-hybridized carbons (Fsp3) is 0.357. The molecule has 0 atom stereocenters. The van der Waals surface area contributed by atoms with E-state index in [0.29, 0.717) is 12.2 Å². The molecule has 0 radical (unpaired) electrons. The van der Waals surface area contributed by atoms with Gasteiger partial charge in [-0.2, -0.15) is 0 Å². The topological polar surface area (TPSA) is 26.3 Å². The van der Waals surface area contributed by atoms with Crippen molar-refractivity contribution in [2.45, 2.75) is 26.7 Å². The number of ether oxygens (including phenoxy) is 1. The van der Waals surface area contributed by atoms with Crippen molar-refractivity contribution in [1.29, 1.82) is 0 Å². The van der Waals surface area contributed by atoms with Crippen molar-refractivity contribution in [1.82, 2.24) is 0 Å². The minimum absolute atomic E-state index is 0.287. The number of benzene rings is 1. The molecule has 0 unspecified atom stereocenters. The van der Waals surface area contributed by atoms with Crippen molar-refractivity contribution < 1.29 is 13.9 Å². The van der Waals surface area contributed by atoms with Gasteiger partial charge in [0.15, 0.2) is 0 Å². The third kappa shape index (κ3) is 4.81. The Morgan fingerprint density at radius 2 is 2.00 bits per heavy atom. The van der Waals surface area contributed by atoms with Crippen LogP contribution in [0.5, 0.6) is 0 Å². The molecule has 0 aliphatic carbocycles. The first kappa shape index (κ1) is 13.4. The molecule has 0 amide bonds. The van der Waals surface area contributed by atoms with Gasteiger partial charge in [0.2, 0.25) is 0 Å². The van der Waals surface area contributed by atoms with E-state index in [1.807, 2.05) is 6.92 Å². The maximum absolute atomic E-state index is 12.7. The van der Waals surface area contributed by atoms with E-state index in [1.165, 1.54) is 12.1 Å². The fourth-order valence-corrected chi connectivity index (χ4v) is 1.29. The van der Waals surface area contributed by atoms with Crippen LogP contribution in [0.3, 0.4) is 0 Å². The molecule has 17 heavy (non-hydrogen) atoms. The highest BCUT2D eigenvalue weighted by molar-refractivity contribution is 5.92. The van der Waals surface area contributed by atoms with Gasteiger partial charge in [0.05, 0.1) is 6.61 Å². The maximum atomic E-state index is 12.7. The molecular weight excluding hydrogens is 219 g/mol. The zero-order chi connectivity index (χ0) is 12.7. The first-order valence-electron chi connectivity index (χ1n) is 5.74. The van der Waals surface area contributed by atoms with E-state index >= 15 is 0 Å².